The quantitative estimate of drug-likeness (QED) is 0.669. The molecular formula is C24H26N2O2. The van der Waals surface area contributed by atoms with Crippen molar-refractivity contribution in [2.24, 2.45) is 5.92 Å². The fourth-order valence-corrected chi connectivity index (χ4v) is 4.45. The Morgan fingerprint density at radius 2 is 1.75 bits per heavy atom. The molecule has 4 nitrogen and oxygen atoms in total. The summed E-state index contributed by atoms with van der Waals surface area (Å²) in [6, 6.07) is 24.5. The lowest BCUT2D eigenvalue weighted by atomic mass is 9.88. The first kappa shape index (κ1) is 18.5. The van der Waals surface area contributed by atoms with E-state index >= 15 is 0 Å². The molecule has 1 aliphatic rings. The molecule has 3 aromatic rings. The fourth-order valence-electron chi connectivity index (χ4n) is 4.45. The van der Waals surface area contributed by atoms with E-state index in [0.717, 1.165) is 29.4 Å². The fraction of sp³-hybridized carbons (Fsp3) is 0.292. The van der Waals surface area contributed by atoms with Crippen molar-refractivity contribution in [2.75, 3.05) is 19.6 Å². The summed E-state index contributed by atoms with van der Waals surface area (Å²) in [6.45, 7) is 4.25. The molecule has 0 aliphatic carbocycles. The summed E-state index contributed by atoms with van der Waals surface area (Å²) in [5.41, 5.74) is 2.34. The van der Waals surface area contributed by atoms with Crippen LogP contribution in [0.4, 0.5) is 4.79 Å². The molecule has 4 heteroatoms. The number of hydrogen-bond donors (Lipinski definition) is 2. The molecule has 1 saturated heterocycles. The molecule has 28 heavy (non-hydrogen) atoms. The minimum atomic E-state index is -0.862. The van der Waals surface area contributed by atoms with Crippen LogP contribution in [0, 0.1) is 5.92 Å². The lowest BCUT2D eigenvalue weighted by molar-refractivity contribution is 0.118. The minimum Gasteiger partial charge on any atom is -0.465 e. The van der Waals surface area contributed by atoms with Crippen LogP contribution >= 0.6 is 0 Å². The lowest BCUT2D eigenvalue weighted by Gasteiger charge is -2.32. The van der Waals surface area contributed by atoms with Gasteiger partial charge in [0, 0.05) is 25.6 Å². The van der Waals surface area contributed by atoms with Crippen LogP contribution in [0.5, 0.6) is 0 Å². The number of carboxylic acid groups (broad SMARTS) is 1. The Bertz CT molecular complexity index is 952. The van der Waals surface area contributed by atoms with Gasteiger partial charge in [-0.2, -0.15) is 0 Å². The molecule has 144 valence electrons. The number of nitrogens with one attached hydrogen (secondary N) is 1. The molecule has 0 spiro atoms. The van der Waals surface area contributed by atoms with Crippen LogP contribution in [-0.2, 0) is 0 Å². The molecule has 2 N–H and O–H groups in total. The maximum absolute atomic E-state index is 12.2. The van der Waals surface area contributed by atoms with Gasteiger partial charge in [-0.3, -0.25) is 0 Å². The zero-order valence-electron chi connectivity index (χ0n) is 16.1. The van der Waals surface area contributed by atoms with E-state index in [1.54, 1.807) is 4.90 Å². The second-order valence-corrected chi connectivity index (χ2v) is 7.61. The van der Waals surface area contributed by atoms with Gasteiger partial charge >= 0.3 is 6.09 Å². The molecule has 0 bridgehead atoms. The summed E-state index contributed by atoms with van der Waals surface area (Å²) >= 11 is 0. The number of rotatable bonds is 5. The predicted octanol–water partition coefficient (Wildman–Crippen LogP) is 4.88. The third-order valence-corrected chi connectivity index (χ3v) is 5.99. The Labute approximate surface area is 165 Å². The monoisotopic (exact) mass is 374 g/mol. The van der Waals surface area contributed by atoms with E-state index in [2.05, 4.69) is 47.8 Å². The molecule has 0 saturated carbocycles. The number of amides is 1. The van der Waals surface area contributed by atoms with Gasteiger partial charge in [0.05, 0.1) is 6.04 Å². The molecule has 3 aromatic carbocycles. The van der Waals surface area contributed by atoms with Crippen molar-refractivity contribution in [2.45, 2.75) is 18.9 Å². The summed E-state index contributed by atoms with van der Waals surface area (Å²) in [5, 5.41) is 15.7. The van der Waals surface area contributed by atoms with Gasteiger partial charge < -0.3 is 15.3 Å². The summed E-state index contributed by atoms with van der Waals surface area (Å²) in [5.74, 6) is 0.596. The Kier molecular flexibility index (Phi) is 5.31. The number of fused-ring (bicyclic) bond motifs is 1. The average molecular weight is 374 g/mol. The third kappa shape index (κ3) is 3.60. The van der Waals surface area contributed by atoms with Crippen LogP contribution in [-0.4, -0.2) is 35.7 Å². The first-order valence-corrected chi connectivity index (χ1v) is 9.88. The Balaban J connectivity index is 1.61. The molecule has 0 radical (unpaired) electrons. The number of nitrogens with zero attached hydrogens (tertiary/aromatic N) is 1. The zero-order chi connectivity index (χ0) is 19.5. The van der Waals surface area contributed by atoms with Gasteiger partial charge in [-0.25, -0.2) is 4.79 Å². The summed E-state index contributed by atoms with van der Waals surface area (Å²) in [7, 11) is 0. The highest BCUT2D eigenvalue weighted by atomic mass is 16.4. The molecule has 3 atom stereocenters. The number of hydrogen-bond acceptors (Lipinski definition) is 2. The highest BCUT2D eigenvalue weighted by Crippen LogP contribution is 2.33. The highest BCUT2D eigenvalue weighted by Gasteiger charge is 2.33. The van der Waals surface area contributed by atoms with Crippen molar-refractivity contribution < 1.29 is 9.90 Å². The van der Waals surface area contributed by atoms with Crippen molar-refractivity contribution in [3.63, 3.8) is 0 Å². The van der Waals surface area contributed by atoms with Gasteiger partial charge in [-0.05, 0) is 34.7 Å². The second kappa shape index (κ2) is 8.03. The molecule has 1 fully saturated rings. The number of carbonyl (C=O) groups is 1. The SMILES string of the molecule is C[C@H](c1cccc2ccccc12)N(CC1CNCC1c1ccccc1)C(=O)O. The second-order valence-electron chi connectivity index (χ2n) is 7.61. The van der Waals surface area contributed by atoms with E-state index < -0.39 is 6.09 Å². The average Bonchev–Trinajstić information content (AvgIpc) is 3.20. The molecule has 2 unspecified atom stereocenters. The summed E-state index contributed by atoms with van der Waals surface area (Å²) in [4.78, 5) is 13.8. The maximum Gasteiger partial charge on any atom is 0.407 e. The first-order chi connectivity index (χ1) is 13.6. The van der Waals surface area contributed by atoms with Crippen molar-refractivity contribution in [3.05, 3.63) is 83.9 Å². The van der Waals surface area contributed by atoms with Crippen molar-refractivity contribution in [1.29, 1.82) is 0 Å². The van der Waals surface area contributed by atoms with Crippen LogP contribution in [0.3, 0.4) is 0 Å². The summed E-state index contributed by atoms with van der Waals surface area (Å²) in [6.07, 6.45) is -0.862. The topological polar surface area (TPSA) is 52.6 Å². The zero-order valence-corrected chi connectivity index (χ0v) is 16.1. The molecule has 4 rings (SSSR count). The Morgan fingerprint density at radius 1 is 1.04 bits per heavy atom. The Morgan fingerprint density at radius 3 is 2.54 bits per heavy atom. The van der Waals surface area contributed by atoms with E-state index in [9.17, 15) is 9.90 Å². The number of benzene rings is 3. The highest BCUT2D eigenvalue weighted by molar-refractivity contribution is 5.86. The molecule has 1 aliphatic heterocycles. The van der Waals surface area contributed by atoms with E-state index in [4.69, 9.17) is 0 Å². The van der Waals surface area contributed by atoms with Gasteiger partial charge in [0.1, 0.15) is 0 Å². The van der Waals surface area contributed by atoms with Gasteiger partial charge in [0.15, 0.2) is 0 Å². The smallest absolute Gasteiger partial charge is 0.407 e. The molecule has 0 aromatic heterocycles. The van der Waals surface area contributed by atoms with Crippen LogP contribution in [0.25, 0.3) is 10.8 Å². The van der Waals surface area contributed by atoms with Crippen LogP contribution in [0.1, 0.15) is 30.0 Å². The van der Waals surface area contributed by atoms with Crippen molar-refractivity contribution in [3.8, 4) is 0 Å². The van der Waals surface area contributed by atoms with Crippen molar-refractivity contribution >= 4 is 16.9 Å². The molecular weight excluding hydrogens is 348 g/mol. The Hall–Kier alpha value is -2.85. The van der Waals surface area contributed by atoms with Crippen molar-refractivity contribution in [1.82, 2.24) is 10.2 Å². The van der Waals surface area contributed by atoms with Gasteiger partial charge in [0.2, 0.25) is 0 Å². The first-order valence-electron chi connectivity index (χ1n) is 9.88. The molecule has 1 amide bonds. The van der Waals surface area contributed by atoms with Gasteiger partial charge in [-0.1, -0.05) is 72.8 Å². The van der Waals surface area contributed by atoms with E-state index in [1.807, 2.05) is 37.3 Å². The maximum atomic E-state index is 12.2. The van der Waals surface area contributed by atoms with Crippen LogP contribution in [0.2, 0.25) is 0 Å². The van der Waals surface area contributed by atoms with E-state index in [-0.39, 0.29) is 12.0 Å². The van der Waals surface area contributed by atoms with Crippen LogP contribution in [0.15, 0.2) is 72.8 Å². The standard InChI is InChI=1S/C24H26N2O2/c1-17(21-13-7-11-18-10-5-6-12-22(18)21)26(24(27)28)16-20-14-25-15-23(20)19-8-3-2-4-9-19/h2-13,17,20,23,25H,14-16H2,1H3,(H,27,28)/t17-,20?,23?/m1/s1. The van der Waals surface area contributed by atoms with Crippen LogP contribution < -0.4 is 5.32 Å². The van der Waals surface area contributed by atoms with Gasteiger partial charge in [0.25, 0.3) is 0 Å². The largest absolute Gasteiger partial charge is 0.465 e. The third-order valence-electron chi connectivity index (χ3n) is 5.99. The summed E-state index contributed by atoms with van der Waals surface area (Å²) < 4.78 is 0. The minimum absolute atomic E-state index is 0.208. The van der Waals surface area contributed by atoms with E-state index in [1.165, 1.54) is 5.56 Å². The van der Waals surface area contributed by atoms with E-state index in [0.29, 0.717) is 12.5 Å². The lowest BCUT2D eigenvalue weighted by Crippen LogP contribution is -2.38. The normalized spacial score (nSPS) is 20.2. The van der Waals surface area contributed by atoms with Gasteiger partial charge in [-0.15, -0.1) is 0 Å². The molecule has 1 heterocycles. The predicted molar refractivity (Wildman–Crippen MR) is 113 cm³/mol.